The molecule has 146 valence electrons. The fourth-order valence-corrected chi connectivity index (χ4v) is 3.63. The van der Waals surface area contributed by atoms with Crippen LogP contribution in [0.25, 0.3) is 0 Å². The van der Waals surface area contributed by atoms with Crippen LogP contribution >= 0.6 is 0 Å². The first-order valence-electron chi connectivity index (χ1n) is 9.39. The van der Waals surface area contributed by atoms with Crippen molar-refractivity contribution in [2.45, 2.75) is 31.7 Å². The topological polar surface area (TPSA) is 86.7 Å². The number of benzene rings is 2. The number of carbonyl (C=O) groups excluding carboxylic acids is 2. The van der Waals surface area contributed by atoms with E-state index in [1.165, 1.54) is 6.07 Å². The maximum Gasteiger partial charge on any atom is 0.335 e. The Morgan fingerprint density at radius 3 is 2.50 bits per heavy atom. The van der Waals surface area contributed by atoms with Crippen LogP contribution in [0.1, 0.15) is 46.0 Å². The van der Waals surface area contributed by atoms with Gasteiger partial charge in [-0.3, -0.25) is 9.59 Å². The molecule has 1 saturated heterocycles. The molecule has 0 bridgehead atoms. The second kappa shape index (κ2) is 8.25. The summed E-state index contributed by atoms with van der Waals surface area (Å²) in [6.45, 7) is 2.74. The lowest BCUT2D eigenvalue weighted by atomic mass is 9.96. The first kappa shape index (κ1) is 19.6. The summed E-state index contributed by atoms with van der Waals surface area (Å²) in [6.07, 6.45) is 1.92. The van der Waals surface area contributed by atoms with Crippen LogP contribution in [0.2, 0.25) is 0 Å². The van der Waals surface area contributed by atoms with Crippen molar-refractivity contribution < 1.29 is 19.5 Å². The Bertz CT molecular complexity index is 881. The van der Waals surface area contributed by atoms with Crippen LogP contribution in [0.3, 0.4) is 0 Å². The summed E-state index contributed by atoms with van der Waals surface area (Å²) in [7, 11) is 0. The molecule has 28 heavy (non-hydrogen) atoms. The zero-order chi connectivity index (χ0) is 20.1. The molecule has 3 rings (SSSR count). The number of nitrogens with one attached hydrogen (secondary N) is 1. The Labute approximate surface area is 164 Å². The van der Waals surface area contributed by atoms with E-state index in [1.54, 1.807) is 36.1 Å². The summed E-state index contributed by atoms with van der Waals surface area (Å²) in [5.74, 6) is -1.28. The Hall–Kier alpha value is -3.15. The predicted octanol–water partition coefficient (Wildman–Crippen LogP) is 2.74. The normalized spacial score (nSPS) is 18.7. The molecule has 1 unspecified atom stereocenters. The maximum absolute atomic E-state index is 12.9. The molecule has 0 aliphatic carbocycles. The van der Waals surface area contributed by atoms with E-state index >= 15 is 0 Å². The number of hydrogen-bond acceptors (Lipinski definition) is 3. The first-order valence-corrected chi connectivity index (χ1v) is 9.39. The second-order valence-electron chi connectivity index (χ2n) is 7.21. The molecule has 6 nitrogen and oxygen atoms in total. The molecule has 1 aliphatic heterocycles. The zero-order valence-electron chi connectivity index (χ0n) is 15.9. The van der Waals surface area contributed by atoms with E-state index in [2.05, 4.69) is 5.32 Å². The standard InChI is InChI=1S/C22H24N2O4/c1-22(12-6-14-24(22)19(25)17-8-3-2-4-9-17)21(28)23-13-11-16-7-5-10-18(15-16)20(26)27/h2-5,7-10,15H,6,11-14H2,1H3,(H,23,28)(H,26,27). The molecule has 0 aromatic heterocycles. The van der Waals surface area contributed by atoms with Gasteiger partial charge in [-0.05, 0) is 56.0 Å². The molecule has 1 aliphatic rings. The number of amides is 2. The lowest BCUT2D eigenvalue weighted by molar-refractivity contribution is -0.129. The Kier molecular flexibility index (Phi) is 5.78. The van der Waals surface area contributed by atoms with Gasteiger partial charge in [0.25, 0.3) is 5.91 Å². The number of likely N-dealkylation sites (tertiary alicyclic amines) is 1. The Morgan fingerprint density at radius 2 is 1.79 bits per heavy atom. The van der Waals surface area contributed by atoms with E-state index in [0.717, 1.165) is 12.0 Å². The average Bonchev–Trinajstić information content (AvgIpc) is 3.11. The molecule has 1 atom stereocenters. The predicted molar refractivity (Wildman–Crippen MR) is 105 cm³/mol. The number of nitrogens with zero attached hydrogens (tertiary/aromatic N) is 1. The zero-order valence-corrected chi connectivity index (χ0v) is 15.9. The van der Waals surface area contributed by atoms with Crippen LogP contribution < -0.4 is 5.32 Å². The first-order chi connectivity index (χ1) is 13.4. The number of carboxylic acid groups (broad SMARTS) is 1. The van der Waals surface area contributed by atoms with Crippen molar-refractivity contribution in [3.8, 4) is 0 Å². The third kappa shape index (κ3) is 4.06. The highest BCUT2D eigenvalue weighted by Gasteiger charge is 2.45. The molecular weight excluding hydrogens is 356 g/mol. The Balaban J connectivity index is 1.63. The van der Waals surface area contributed by atoms with Gasteiger partial charge in [-0.1, -0.05) is 30.3 Å². The minimum atomic E-state index is -0.973. The van der Waals surface area contributed by atoms with Crippen LogP contribution in [0.5, 0.6) is 0 Å². The van der Waals surface area contributed by atoms with Crippen molar-refractivity contribution >= 4 is 17.8 Å². The summed E-state index contributed by atoms with van der Waals surface area (Å²) in [5.41, 5.74) is 0.768. The maximum atomic E-state index is 12.9. The number of carboxylic acids is 1. The van der Waals surface area contributed by atoms with Crippen LogP contribution in [-0.2, 0) is 11.2 Å². The van der Waals surface area contributed by atoms with Crippen molar-refractivity contribution in [1.29, 1.82) is 0 Å². The minimum Gasteiger partial charge on any atom is -0.478 e. The van der Waals surface area contributed by atoms with E-state index in [4.69, 9.17) is 5.11 Å². The van der Waals surface area contributed by atoms with Crippen LogP contribution in [0.4, 0.5) is 0 Å². The molecule has 2 aromatic carbocycles. The monoisotopic (exact) mass is 380 g/mol. The van der Waals surface area contributed by atoms with Crippen molar-refractivity contribution in [3.63, 3.8) is 0 Å². The van der Waals surface area contributed by atoms with Gasteiger partial charge in [0.05, 0.1) is 5.56 Å². The lowest BCUT2D eigenvalue weighted by Crippen LogP contribution is -2.55. The highest BCUT2D eigenvalue weighted by Crippen LogP contribution is 2.30. The summed E-state index contributed by atoms with van der Waals surface area (Å²) < 4.78 is 0. The fourth-order valence-electron chi connectivity index (χ4n) is 3.63. The van der Waals surface area contributed by atoms with Crippen molar-refractivity contribution in [3.05, 3.63) is 71.3 Å². The molecule has 2 N–H and O–H groups in total. The molecule has 0 saturated carbocycles. The molecule has 6 heteroatoms. The van der Waals surface area contributed by atoms with Gasteiger partial charge in [0, 0.05) is 18.7 Å². The highest BCUT2D eigenvalue weighted by molar-refractivity contribution is 5.99. The quantitative estimate of drug-likeness (QED) is 0.807. The van der Waals surface area contributed by atoms with Gasteiger partial charge in [-0.25, -0.2) is 4.79 Å². The summed E-state index contributed by atoms with van der Waals surface area (Å²) in [4.78, 5) is 38.4. The minimum absolute atomic E-state index is 0.134. The molecular formula is C22H24N2O4. The van der Waals surface area contributed by atoms with Gasteiger partial charge < -0.3 is 15.3 Å². The highest BCUT2D eigenvalue weighted by atomic mass is 16.4. The van der Waals surface area contributed by atoms with Gasteiger partial charge in [0.2, 0.25) is 5.91 Å². The van der Waals surface area contributed by atoms with Crippen LogP contribution in [0, 0.1) is 0 Å². The number of rotatable bonds is 6. The van der Waals surface area contributed by atoms with E-state index in [1.807, 2.05) is 24.3 Å². The van der Waals surface area contributed by atoms with Gasteiger partial charge in [-0.2, -0.15) is 0 Å². The molecule has 2 amide bonds. The summed E-state index contributed by atoms with van der Waals surface area (Å²) >= 11 is 0. The molecule has 1 heterocycles. The largest absolute Gasteiger partial charge is 0.478 e. The summed E-state index contributed by atoms with van der Waals surface area (Å²) in [6, 6.07) is 15.7. The molecule has 1 fully saturated rings. The van der Waals surface area contributed by atoms with E-state index < -0.39 is 11.5 Å². The molecule has 2 aromatic rings. The third-order valence-electron chi connectivity index (χ3n) is 5.27. The van der Waals surface area contributed by atoms with Crippen molar-refractivity contribution in [2.24, 2.45) is 0 Å². The number of carbonyl (C=O) groups is 3. The number of hydrogen-bond donors (Lipinski definition) is 2. The van der Waals surface area contributed by atoms with E-state index in [0.29, 0.717) is 31.5 Å². The molecule has 0 radical (unpaired) electrons. The molecule has 0 spiro atoms. The van der Waals surface area contributed by atoms with Crippen molar-refractivity contribution in [2.75, 3.05) is 13.1 Å². The van der Waals surface area contributed by atoms with Gasteiger partial charge in [0.1, 0.15) is 5.54 Å². The summed E-state index contributed by atoms with van der Waals surface area (Å²) in [5, 5.41) is 12.0. The smallest absolute Gasteiger partial charge is 0.335 e. The third-order valence-corrected chi connectivity index (χ3v) is 5.27. The SMILES string of the molecule is CC1(C(=O)NCCc2cccc(C(=O)O)c2)CCCN1C(=O)c1ccccc1. The van der Waals surface area contributed by atoms with Gasteiger partial charge in [-0.15, -0.1) is 0 Å². The lowest BCUT2D eigenvalue weighted by Gasteiger charge is -2.34. The second-order valence-corrected chi connectivity index (χ2v) is 7.21. The van der Waals surface area contributed by atoms with Crippen molar-refractivity contribution in [1.82, 2.24) is 10.2 Å². The van der Waals surface area contributed by atoms with Crippen LogP contribution in [-0.4, -0.2) is 46.4 Å². The number of aromatic carboxylic acids is 1. The van der Waals surface area contributed by atoms with Gasteiger partial charge in [0.15, 0.2) is 0 Å². The van der Waals surface area contributed by atoms with E-state index in [-0.39, 0.29) is 17.4 Å². The van der Waals surface area contributed by atoms with Gasteiger partial charge >= 0.3 is 5.97 Å². The average molecular weight is 380 g/mol. The van der Waals surface area contributed by atoms with Crippen LogP contribution in [0.15, 0.2) is 54.6 Å². The Morgan fingerprint density at radius 1 is 1.07 bits per heavy atom. The fraction of sp³-hybridized carbons (Fsp3) is 0.318. The van der Waals surface area contributed by atoms with E-state index in [9.17, 15) is 14.4 Å².